The van der Waals surface area contributed by atoms with Crippen molar-refractivity contribution >= 4 is 52.7 Å². The molecule has 2 aliphatic heterocycles. The molecule has 310 valence electrons. The van der Waals surface area contributed by atoms with E-state index in [1.54, 1.807) is 66.8 Å². The normalized spacial score (nSPS) is 25.4. The molecule has 16 heteroatoms. The zero-order chi connectivity index (χ0) is 43.1. The molecule has 3 fully saturated rings. The summed E-state index contributed by atoms with van der Waals surface area (Å²) in [6.45, 7) is 0. The van der Waals surface area contributed by atoms with Crippen molar-refractivity contribution in [2.24, 2.45) is 29.6 Å². The molecule has 0 radical (unpaired) electrons. The zero-order valence-corrected chi connectivity index (χ0v) is 32.3. The molecule has 2 saturated heterocycles. The van der Waals surface area contributed by atoms with Crippen LogP contribution in [0.2, 0.25) is 5.02 Å². The minimum Gasteiger partial charge on any atom is -0.502 e. The summed E-state index contributed by atoms with van der Waals surface area (Å²) in [6, 6.07) is 18.3. The molecule has 6 unspecified atom stereocenters. The van der Waals surface area contributed by atoms with E-state index in [0.717, 1.165) is 4.90 Å². The number of carbonyl (C=O) groups is 4. The molecule has 60 heavy (non-hydrogen) atoms. The summed E-state index contributed by atoms with van der Waals surface area (Å²) in [5.74, 6) is -9.15. The summed E-state index contributed by atoms with van der Waals surface area (Å²) in [7, 11) is 2.68. The van der Waals surface area contributed by atoms with Gasteiger partial charge in [0.15, 0.2) is 11.5 Å². The van der Waals surface area contributed by atoms with Crippen LogP contribution < -0.4 is 19.3 Å². The van der Waals surface area contributed by atoms with Gasteiger partial charge in [0.05, 0.1) is 59.9 Å². The molecule has 4 aliphatic rings. The summed E-state index contributed by atoms with van der Waals surface area (Å²) >= 11 is 6.35. The van der Waals surface area contributed by atoms with E-state index in [-0.39, 0.29) is 46.9 Å². The number of allylic oxidation sites excluding steroid dienone is 3. The lowest BCUT2D eigenvalue weighted by molar-refractivity contribution is -0.143. The molecule has 4 aromatic rings. The summed E-state index contributed by atoms with van der Waals surface area (Å²) in [5, 5.41) is 10.8. The van der Waals surface area contributed by atoms with Gasteiger partial charge in [-0.2, -0.15) is 26.3 Å². The van der Waals surface area contributed by atoms with E-state index < -0.39 is 87.8 Å². The largest absolute Gasteiger partial charge is 0.502 e. The predicted octanol–water partition coefficient (Wildman–Crippen LogP) is 9.01. The maximum absolute atomic E-state index is 15.3. The number of halogens is 7. The molecular weight excluding hydrogens is 818 g/mol. The lowest BCUT2D eigenvalue weighted by atomic mass is 9.50. The Kier molecular flexibility index (Phi) is 9.88. The standard InChI is InChI=1S/C44H33ClF6N2O7/c1-59-34-15-22(16-35(60-2)37(34)54)11-14-32-29-12-13-30-36(40(57)52(38(30)55)28-18-24(43(46,47)48)17-25(19-28)44(49,50)51)31(29)21-33-39(56)53(27-10-6-9-26(45)20-27)41(58)42(32,33)23-7-4-3-5-8-23/h3-12,14-20,30-33,36,54H,13,21H2,1-2H3. The van der Waals surface area contributed by atoms with Gasteiger partial charge >= 0.3 is 12.4 Å². The number of aromatic hydroxyl groups is 1. The van der Waals surface area contributed by atoms with Gasteiger partial charge < -0.3 is 14.6 Å². The number of anilines is 2. The first-order valence-electron chi connectivity index (χ1n) is 18.6. The highest BCUT2D eigenvalue weighted by Gasteiger charge is 2.69. The molecule has 0 aromatic heterocycles. The molecule has 0 bridgehead atoms. The van der Waals surface area contributed by atoms with Crippen molar-refractivity contribution in [3.8, 4) is 17.2 Å². The number of benzene rings is 4. The van der Waals surface area contributed by atoms with Gasteiger partial charge in [0.1, 0.15) is 0 Å². The topological polar surface area (TPSA) is 113 Å². The Balaban J connectivity index is 1.31. The summed E-state index contributed by atoms with van der Waals surface area (Å²) in [4.78, 5) is 60.3. The van der Waals surface area contributed by atoms with E-state index in [2.05, 4.69) is 0 Å². The highest BCUT2D eigenvalue weighted by atomic mass is 35.5. The molecule has 4 amide bonds. The van der Waals surface area contributed by atoms with E-state index >= 15 is 4.79 Å². The van der Waals surface area contributed by atoms with Crippen LogP contribution in [0.25, 0.3) is 6.08 Å². The van der Waals surface area contributed by atoms with Gasteiger partial charge in [-0.25, -0.2) is 9.80 Å². The number of carbonyl (C=O) groups excluding carboxylic acids is 4. The van der Waals surface area contributed by atoms with E-state index in [4.69, 9.17) is 21.1 Å². The van der Waals surface area contributed by atoms with Crippen molar-refractivity contribution in [1.29, 1.82) is 0 Å². The van der Waals surface area contributed by atoms with Crippen LogP contribution in [0.15, 0.2) is 103 Å². The van der Waals surface area contributed by atoms with Crippen molar-refractivity contribution in [1.82, 2.24) is 0 Å². The Labute approximate surface area is 343 Å². The number of imide groups is 2. The van der Waals surface area contributed by atoms with Crippen LogP contribution in [0.4, 0.5) is 37.7 Å². The van der Waals surface area contributed by atoms with Gasteiger partial charge in [0.25, 0.3) is 0 Å². The molecule has 2 heterocycles. The van der Waals surface area contributed by atoms with Crippen LogP contribution in [0.1, 0.15) is 35.1 Å². The minimum atomic E-state index is -5.25. The smallest absolute Gasteiger partial charge is 0.416 e. The highest BCUT2D eigenvalue weighted by Crippen LogP contribution is 2.62. The average Bonchev–Trinajstić information content (AvgIpc) is 3.60. The van der Waals surface area contributed by atoms with Crippen LogP contribution in [0.5, 0.6) is 17.2 Å². The van der Waals surface area contributed by atoms with Crippen molar-refractivity contribution in [2.75, 3.05) is 24.0 Å². The van der Waals surface area contributed by atoms with Gasteiger partial charge in [0.2, 0.25) is 29.4 Å². The Morgan fingerprint density at radius 1 is 0.750 bits per heavy atom. The van der Waals surface area contributed by atoms with Crippen LogP contribution in [-0.2, 0) is 36.9 Å². The molecule has 0 spiro atoms. The Hall–Kier alpha value is -6.09. The van der Waals surface area contributed by atoms with E-state index in [1.807, 2.05) is 0 Å². The third-order valence-corrected chi connectivity index (χ3v) is 12.3. The Morgan fingerprint density at radius 3 is 1.97 bits per heavy atom. The molecule has 4 aromatic carbocycles. The monoisotopic (exact) mass is 850 g/mol. The van der Waals surface area contributed by atoms with Crippen LogP contribution in [0, 0.1) is 29.6 Å². The van der Waals surface area contributed by atoms with Gasteiger partial charge in [-0.05, 0) is 78.4 Å². The Bertz CT molecular complexity index is 2460. The molecule has 1 N–H and O–H groups in total. The van der Waals surface area contributed by atoms with E-state index in [9.17, 15) is 45.8 Å². The fourth-order valence-electron chi connectivity index (χ4n) is 9.53. The van der Waals surface area contributed by atoms with E-state index in [0.29, 0.717) is 33.7 Å². The van der Waals surface area contributed by atoms with Crippen molar-refractivity contribution < 1.29 is 60.1 Å². The summed E-state index contributed by atoms with van der Waals surface area (Å²) < 4.78 is 94.4. The highest BCUT2D eigenvalue weighted by molar-refractivity contribution is 6.32. The fraction of sp³-hybridized carbons (Fsp3) is 0.273. The molecule has 9 nitrogen and oxygen atoms in total. The van der Waals surface area contributed by atoms with Crippen molar-refractivity contribution in [3.05, 3.63) is 130 Å². The van der Waals surface area contributed by atoms with Crippen molar-refractivity contribution in [2.45, 2.75) is 30.6 Å². The number of phenols is 1. The van der Waals surface area contributed by atoms with Gasteiger partial charge in [-0.1, -0.05) is 71.8 Å². The second-order valence-corrected chi connectivity index (χ2v) is 15.5. The first kappa shape index (κ1) is 40.7. The van der Waals surface area contributed by atoms with Gasteiger partial charge in [-0.3, -0.25) is 19.2 Å². The molecular formula is C44H33ClF6N2O7. The van der Waals surface area contributed by atoms with Crippen LogP contribution in [-0.4, -0.2) is 43.0 Å². The van der Waals surface area contributed by atoms with E-state index in [1.165, 1.54) is 32.4 Å². The minimum absolute atomic E-state index is 0.0589. The first-order valence-corrected chi connectivity index (χ1v) is 19.0. The zero-order valence-electron chi connectivity index (χ0n) is 31.6. The number of hydrogen-bond donors (Lipinski definition) is 1. The lowest BCUT2D eigenvalue weighted by Gasteiger charge is -2.49. The van der Waals surface area contributed by atoms with Gasteiger partial charge in [0, 0.05) is 10.9 Å². The molecule has 1 saturated carbocycles. The quantitative estimate of drug-likeness (QED) is 0.112. The number of methoxy groups -OCH3 is 2. The number of ether oxygens (including phenoxy) is 2. The second-order valence-electron chi connectivity index (χ2n) is 15.0. The van der Waals surface area contributed by atoms with Crippen LogP contribution in [0.3, 0.4) is 0 Å². The first-order chi connectivity index (χ1) is 28.4. The summed E-state index contributed by atoms with van der Waals surface area (Å²) in [6.07, 6.45) is -5.84. The third kappa shape index (κ3) is 6.32. The number of nitrogens with zero attached hydrogens (tertiary/aromatic N) is 2. The van der Waals surface area contributed by atoms with Gasteiger partial charge in [-0.15, -0.1) is 0 Å². The number of fused-ring (bicyclic) bond motifs is 4. The number of alkyl halides is 6. The Morgan fingerprint density at radius 2 is 1.38 bits per heavy atom. The second kappa shape index (κ2) is 14.6. The molecule has 8 rings (SSSR count). The fourth-order valence-corrected chi connectivity index (χ4v) is 9.71. The number of phenolic OH excluding ortho intramolecular Hbond substituents is 1. The number of hydrogen-bond acceptors (Lipinski definition) is 7. The number of rotatable bonds is 7. The maximum Gasteiger partial charge on any atom is 0.416 e. The number of amides is 4. The molecule has 6 atom stereocenters. The lowest BCUT2D eigenvalue weighted by Crippen LogP contribution is -2.54. The van der Waals surface area contributed by atoms with Crippen molar-refractivity contribution in [3.63, 3.8) is 0 Å². The maximum atomic E-state index is 15.3. The SMILES string of the molecule is COc1cc(C=CC2C3=CCC4C(=O)N(c5cc(C(F)(F)F)cc(C(F)(F)F)c5)C(=O)C4C3CC3C(=O)N(c4cccc(Cl)c4)C(=O)C23c2ccccc2)cc(OC)c1O. The predicted molar refractivity (Wildman–Crippen MR) is 206 cm³/mol. The third-order valence-electron chi connectivity index (χ3n) is 12.0. The molecule has 2 aliphatic carbocycles. The average molecular weight is 851 g/mol. The van der Waals surface area contributed by atoms with Crippen LogP contribution >= 0.6 is 11.6 Å². The summed E-state index contributed by atoms with van der Waals surface area (Å²) in [5.41, 5.74) is -4.42.